The Bertz CT molecular complexity index is 1340. The summed E-state index contributed by atoms with van der Waals surface area (Å²) < 4.78 is 32.2. The lowest BCUT2D eigenvalue weighted by atomic mass is 10.0. The molecule has 3 unspecified atom stereocenters. The Kier molecular flexibility index (Phi) is 5.98. The van der Waals surface area contributed by atoms with Crippen LogP contribution in [0.2, 0.25) is 0 Å². The van der Waals surface area contributed by atoms with E-state index in [-0.39, 0.29) is 30.6 Å². The van der Waals surface area contributed by atoms with Gasteiger partial charge >= 0.3 is 0 Å². The normalized spacial score (nSPS) is 23.6. The fraction of sp³-hybridized carbons (Fsp3) is 0.296. The van der Waals surface area contributed by atoms with Gasteiger partial charge in [0.05, 0.1) is 24.2 Å². The number of halogens is 1. The third-order valence-electron chi connectivity index (χ3n) is 6.45. The van der Waals surface area contributed by atoms with E-state index in [1.165, 1.54) is 11.0 Å². The minimum Gasteiger partial charge on any atom is -0.470 e. The molecule has 6 rings (SSSR count). The lowest BCUT2D eigenvalue weighted by molar-refractivity contribution is 0.00794. The van der Waals surface area contributed by atoms with E-state index in [4.69, 9.17) is 14.2 Å². The summed E-state index contributed by atoms with van der Waals surface area (Å²) in [6.07, 6.45) is -1.68. The summed E-state index contributed by atoms with van der Waals surface area (Å²) in [7, 11) is 0. The number of nitrogens with zero attached hydrogens (tertiary/aromatic N) is 1. The van der Waals surface area contributed by atoms with Crippen LogP contribution < -0.4 is 4.74 Å². The van der Waals surface area contributed by atoms with E-state index in [0.717, 1.165) is 16.9 Å². The van der Waals surface area contributed by atoms with E-state index in [1.807, 2.05) is 36.0 Å². The van der Waals surface area contributed by atoms with Crippen molar-refractivity contribution in [2.75, 3.05) is 19.0 Å². The number of H-pyrrole nitrogens is 1. The van der Waals surface area contributed by atoms with Gasteiger partial charge < -0.3 is 24.3 Å². The zero-order valence-corrected chi connectivity index (χ0v) is 19.9. The van der Waals surface area contributed by atoms with Gasteiger partial charge in [0, 0.05) is 22.6 Å². The van der Waals surface area contributed by atoms with Gasteiger partial charge in [0.2, 0.25) is 0 Å². The van der Waals surface area contributed by atoms with E-state index in [1.54, 1.807) is 6.07 Å². The van der Waals surface area contributed by atoms with Crippen LogP contribution in [0.5, 0.6) is 5.88 Å². The number of aromatic amines is 1. The van der Waals surface area contributed by atoms with Crippen molar-refractivity contribution < 1.29 is 23.7 Å². The SMILES string of the molecule is CCSc1ccc(-c2ccc(-c3nc4cc(OC5COC6C(O)CO[C@H]56)[nH]c4cc3F)cc2)cc1. The summed E-state index contributed by atoms with van der Waals surface area (Å²) in [5, 5.41) is 9.91. The number of hydrogen-bond acceptors (Lipinski definition) is 6. The number of aliphatic hydroxyl groups excluding tert-OH is 1. The van der Waals surface area contributed by atoms with Crippen molar-refractivity contribution in [3.63, 3.8) is 0 Å². The highest BCUT2D eigenvalue weighted by atomic mass is 32.2. The number of hydrogen-bond donors (Lipinski definition) is 2. The summed E-state index contributed by atoms with van der Waals surface area (Å²) in [4.78, 5) is 8.89. The van der Waals surface area contributed by atoms with Crippen molar-refractivity contribution in [1.29, 1.82) is 0 Å². The van der Waals surface area contributed by atoms with Gasteiger partial charge in [-0.25, -0.2) is 9.37 Å². The standard InChI is InChI=1S/C27H25FN2O4S/c1-2-35-18-9-7-16(8-10-18)15-3-5-17(6-4-15)25-19(28)11-20-21(30-25)12-24(29-20)34-23-14-33-26-22(31)13-32-27(23)26/h3-12,22-23,26-27,29,31H,2,13-14H2,1H3/t22?,23?,26?,27-/m1/s1. The third kappa shape index (κ3) is 4.31. The molecule has 2 aliphatic heterocycles. The summed E-state index contributed by atoms with van der Waals surface area (Å²) >= 11 is 1.81. The molecule has 4 heterocycles. The number of rotatable bonds is 6. The predicted octanol–water partition coefficient (Wildman–Crippen LogP) is 5.05. The zero-order valence-electron chi connectivity index (χ0n) is 19.1. The molecule has 0 radical (unpaired) electrons. The molecule has 8 heteroatoms. The van der Waals surface area contributed by atoms with Crippen LogP contribution in [-0.4, -0.2) is 58.5 Å². The first-order valence-electron chi connectivity index (χ1n) is 11.7. The highest BCUT2D eigenvalue weighted by Crippen LogP contribution is 2.32. The van der Waals surface area contributed by atoms with Crippen LogP contribution in [0.4, 0.5) is 4.39 Å². The number of pyridine rings is 1. The number of nitrogens with one attached hydrogen (secondary N) is 1. The zero-order chi connectivity index (χ0) is 23.9. The average molecular weight is 493 g/mol. The molecule has 0 saturated carbocycles. The molecule has 4 aromatic rings. The van der Waals surface area contributed by atoms with Crippen LogP contribution in [-0.2, 0) is 9.47 Å². The highest BCUT2D eigenvalue weighted by Gasteiger charge is 2.48. The van der Waals surface area contributed by atoms with Crippen LogP contribution in [0.25, 0.3) is 33.4 Å². The molecule has 0 spiro atoms. The van der Waals surface area contributed by atoms with Gasteiger partial charge in [-0.15, -0.1) is 11.8 Å². The summed E-state index contributed by atoms with van der Waals surface area (Å²) in [5.74, 6) is 1.09. The highest BCUT2D eigenvalue weighted by molar-refractivity contribution is 7.99. The van der Waals surface area contributed by atoms with Gasteiger partial charge in [-0.1, -0.05) is 43.3 Å². The molecule has 0 aliphatic carbocycles. The van der Waals surface area contributed by atoms with Crippen molar-refractivity contribution in [3.05, 3.63) is 66.5 Å². The first-order valence-corrected chi connectivity index (χ1v) is 12.7. The van der Waals surface area contributed by atoms with Crippen LogP contribution in [0.1, 0.15) is 6.92 Å². The smallest absolute Gasteiger partial charge is 0.193 e. The van der Waals surface area contributed by atoms with Crippen LogP contribution in [0, 0.1) is 5.82 Å². The Morgan fingerprint density at radius 3 is 2.43 bits per heavy atom. The number of ether oxygens (including phenoxy) is 3. The maximum atomic E-state index is 15.0. The monoisotopic (exact) mass is 492 g/mol. The second kappa shape index (κ2) is 9.28. The lowest BCUT2D eigenvalue weighted by Crippen LogP contribution is -2.34. The van der Waals surface area contributed by atoms with Crippen LogP contribution >= 0.6 is 11.8 Å². The lowest BCUT2D eigenvalue weighted by Gasteiger charge is -2.16. The van der Waals surface area contributed by atoms with Crippen LogP contribution in [0.15, 0.2) is 65.6 Å². The summed E-state index contributed by atoms with van der Waals surface area (Å²) in [5.41, 5.74) is 4.33. The second-order valence-electron chi connectivity index (χ2n) is 8.74. The van der Waals surface area contributed by atoms with E-state index < -0.39 is 11.9 Å². The molecule has 2 aliphatic rings. The van der Waals surface area contributed by atoms with E-state index >= 15 is 0 Å². The summed E-state index contributed by atoms with van der Waals surface area (Å²) in [6, 6.07) is 19.4. The molecule has 35 heavy (non-hydrogen) atoms. The first-order chi connectivity index (χ1) is 17.1. The van der Waals surface area contributed by atoms with Crippen molar-refractivity contribution in [2.45, 2.75) is 36.2 Å². The van der Waals surface area contributed by atoms with Crippen molar-refractivity contribution in [1.82, 2.24) is 9.97 Å². The molecule has 6 nitrogen and oxygen atoms in total. The van der Waals surface area contributed by atoms with Gasteiger partial charge in [-0.2, -0.15) is 0 Å². The molecule has 2 aromatic heterocycles. The predicted molar refractivity (Wildman–Crippen MR) is 133 cm³/mol. The number of aromatic nitrogens is 2. The maximum absolute atomic E-state index is 15.0. The van der Waals surface area contributed by atoms with Gasteiger partial charge in [-0.05, 0) is 29.0 Å². The Labute approximate surface area is 206 Å². The van der Waals surface area contributed by atoms with Crippen molar-refractivity contribution in [2.24, 2.45) is 0 Å². The second-order valence-corrected chi connectivity index (χ2v) is 10.1. The molecule has 2 N–H and O–H groups in total. The molecule has 2 aromatic carbocycles. The topological polar surface area (TPSA) is 76.6 Å². The van der Waals surface area contributed by atoms with Gasteiger partial charge in [0.25, 0.3) is 0 Å². The number of aliphatic hydroxyl groups is 1. The minimum atomic E-state index is -0.638. The quantitative estimate of drug-likeness (QED) is 0.367. The van der Waals surface area contributed by atoms with Gasteiger partial charge in [0.15, 0.2) is 17.8 Å². The minimum absolute atomic E-state index is 0.236. The number of benzene rings is 2. The Morgan fingerprint density at radius 2 is 1.69 bits per heavy atom. The maximum Gasteiger partial charge on any atom is 0.193 e. The Hall–Kier alpha value is -2.91. The van der Waals surface area contributed by atoms with Crippen molar-refractivity contribution >= 4 is 22.8 Å². The largest absolute Gasteiger partial charge is 0.470 e. The third-order valence-corrected chi connectivity index (χ3v) is 7.34. The number of thioether (sulfide) groups is 1. The molecule has 0 bridgehead atoms. The van der Waals surface area contributed by atoms with E-state index in [9.17, 15) is 9.50 Å². The average Bonchev–Trinajstić information content (AvgIpc) is 3.56. The Morgan fingerprint density at radius 1 is 1.00 bits per heavy atom. The summed E-state index contributed by atoms with van der Waals surface area (Å²) in [6.45, 7) is 2.69. The molecule has 180 valence electrons. The fourth-order valence-electron chi connectivity index (χ4n) is 4.71. The fourth-order valence-corrected chi connectivity index (χ4v) is 5.37. The first kappa shape index (κ1) is 22.5. The molecule has 0 amide bonds. The van der Waals surface area contributed by atoms with Crippen LogP contribution in [0.3, 0.4) is 0 Å². The van der Waals surface area contributed by atoms with Gasteiger partial charge in [-0.3, -0.25) is 0 Å². The van der Waals surface area contributed by atoms with E-state index in [0.29, 0.717) is 29.1 Å². The molecule has 2 fully saturated rings. The molecule has 2 saturated heterocycles. The van der Waals surface area contributed by atoms with Gasteiger partial charge in [0.1, 0.15) is 24.0 Å². The molecular weight excluding hydrogens is 467 g/mol. The van der Waals surface area contributed by atoms with E-state index in [2.05, 4.69) is 41.2 Å². The molecule has 4 atom stereocenters. The number of fused-ring (bicyclic) bond motifs is 2. The molecular formula is C27H25FN2O4S. The Balaban J connectivity index is 1.22. The van der Waals surface area contributed by atoms with Crippen molar-refractivity contribution in [3.8, 4) is 28.3 Å².